The number of carboxylic acids is 1. The number of halogens is 1. The minimum absolute atomic E-state index is 0.237. The standard InChI is InChI=1S/C15H22ClNO4S/c1-15(2,3)21-7-6-12(14(19)20)17-13(18)5-4-11-8-10(16)9-22-11/h8-9,12H,4-7H2,1-3H3,(H,17,18)(H,19,20). The second-order valence-corrected chi connectivity index (χ2v) is 7.37. The van der Waals surface area contributed by atoms with Gasteiger partial charge in [0, 0.05) is 29.7 Å². The summed E-state index contributed by atoms with van der Waals surface area (Å²) in [5.41, 5.74) is -0.328. The summed E-state index contributed by atoms with van der Waals surface area (Å²) in [6.45, 7) is 5.97. The average molecular weight is 348 g/mol. The highest BCUT2D eigenvalue weighted by molar-refractivity contribution is 7.10. The normalized spacial score (nSPS) is 12.9. The van der Waals surface area contributed by atoms with Gasteiger partial charge < -0.3 is 15.2 Å². The lowest BCUT2D eigenvalue weighted by molar-refractivity contribution is -0.142. The van der Waals surface area contributed by atoms with Gasteiger partial charge in [-0.05, 0) is 33.3 Å². The van der Waals surface area contributed by atoms with Gasteiger partial charge >= 0.3 is 5.97 Å². The number of aryl methyl sites for hydroxylation is 1. The van der Waals surface area contributed by atoms with Gasteiger partial charge in [0.25, 0.3) is 0 Å². The van der Waals surface area contributed by atoms with E-state index < -0.39 is 12.0 Å². The van der Waals surface area contributed by atoms with Crippen molar-refractivity contribution in [3.8, 4) is 0 Å². The van der Waals surface area contributed by atoms with E-state index in [4.69, 9.17) is 21.4 Å². The molecule has 1 amide bonds. The maximum Gasteiger partial charge on any atom is 0.326 e. The molecule has 2 N–H and O–H groups in total. The highest BCUT2D eigenvalue weighted by Gasteiger charge is 2.21. The Kier molecular flexibility index (Phi) is 7.32. The van der Waals surface area contributed by atoms with Gasteiger partial charge in [0.05, 0.1) is 10.6 Å². The number of aliphatic carboxylic acids is 1. The summed E-state index contributed by atoms with van der Waals surface area (Å²) in [4.78, 5) is 24.0. The van der Waals surface area contributed by atoms with Crippen LogP contribution >= 0.6 is 22.9 Å². The Hall–Kier alpha value is -1.11. The first kappa shape index (κ1) is 18.9. The van der Waals surface area contributed by atoms with Crippen molar-refractivity contribution in [1.29, 1.82) is 0 Å². The van der Waals surface area contributed by atoms with Gasteiger partial charge in [-0.1, -0.05) is 11.6 Å². The topological polar surface area (TPSA) is 75.6 Å². The van der Waals surface area contributed by atoms with Crippen molar-refractivity contribution in [2.24, 2.45) is 0 Å². The number of amides is 1. The lowest BCUT2D eigenvalue weighted by atomic mass is 10.1. The monoisotopic (exact) mass is 347 g/mol. The van der Waals surface area contributed by atoms with E-state index in [0.717, 1.165) is 4.88 Å². The Morgan fingerprint density at radius 1 is 1.45 bits per heavy atom. The van der Waals surface area contributed by atoms with Crippen molar-refractivity contribution in [3.63, 3.8) is 0 Å². The fourth-order valence-electron chi connectivity index (χ4n) is 1.73. The Balaban J connectivity index is 2.38. The predicted molar refractivity (Wildman–Crippen MR) is 87.5 cm³/mol. The number of carboxylic acid groups (broad SMARTS) is 1. The van der Waals surface area contributed by atoms with Crippen LogP contribution in [0.5, 0.6) is 0 Å². The molecule has 0 aliphatic rings. The molecule has 1 rings (SSSR count). The van der Waals surface area contributed by atoms with Crippen LogP contribution in [0.4, 0.5) is 0 Å². The molecule has 0 saturated carbocycles. The fourth-order valence-corrected chi connectivity index (χ4v) is 2.81. The molecule has 0 fully saturated rings. The summed E-state index contributed by atoms with van der Waals surface area (Å²) in [5.74, 6) is -1.34. The predicted octanol–water partition coefficient (Wildman–Crippen LogP) is 3.11. The largest absolute Gasteiger partial charge is 0.480 e. The van der Waals surface area contributed by atoms with E-state index >= 15 is 0 Å². The van der Waals surface area contributed by atoms with Crippen LogP contribution in [0.1, 0.15) is 38.5 Å². The van der Waals surface area contributed by atoms with E-state index in [-0.39, 0.29) is 31.0 Å². The molecular weight excluding hydrogens is 326 g/mol. The molecule has 0 bridgehead atoms. The van der Waals surface area contributed by atoms with Crippen molar-refractivity contribution < 1.29 is 19.4 Å². The molecule has 22 heavy (non-hydrogen) atoms. The summed E-state index contributed by atoms with van der Waals surface area (Å²) in [6.07, 6.45) is 1.03. The maximum absolute atomic E-state index is 11.9. The van der Waals surface area contributed by atoms with E-state index in [0.29, 0.717) is 11.4 Å². The molecule has 0 aliphatic heterocycles. The molecular formula is C15H22ClNO4S. The second-order valence-electron chi connectivity index (χ2n) is 5.94. The molecule has 1 unspecified atom stereocenters. The lowest BCUT2D eigenvalue weighted by Crippen LogP contribution is -2.42. The van der Waals surface area contributed by atoms with Gasteiger partial charge in [-0.15, -0.1) is 11.3 Å². The van der Waals surface area contributed by atoms with Crippen LogP contribution in [-0.4, -0.2) is 35.2 Å². The summed E-state index contributed by atoms with van der Waals surface area (Å²) in [6, 6.07) is 0.882. The summed E-state index contributed by atoms with van der Waals surface area (Å²) >= 11 is 7.30. The van der Waals surface area contributed by atoms with E-state index in [1.54, 1.807) is 5.38 Å². The molecule has 124 valence electrons. The van der Waals surface area contributed by atoms with Crippen molar-refractivity contribution in [2.75, 3.05) is 6.61 Å². The Labute approximate surface area is 139 Å². The summed E-state index contributed by atoms with van der Waals surface area (Å²) < 4.78 is 5.50. The quantitative estimate of drug-likeness (QED) is 0.757. The average Bonchev–Trinajstić information content (AvgIpc) is 2.79. The van der Waals surface area contributed by atoms with Crippen LogP contribution in [-0.2, 0) is 20.7 Å². The van der Waals surface area contributed by atoms with E-state index in [9.17, 15) is 9.59 Å². The third-order valence-corrected chi connectivity index (χ3v) is 4.14. The van der Waals surface area contributed by atoms with Crippen molar-refractivity contribution in [3.05, 3.63) is 21.3 Å². The third-order valence-electron chi connectivity index (χ3n) is 2.80. The molecule has 0 radical (unpaired) electrons. The van der Waals surface area contributed by atoms with Crippen LogP contribution in [0.25, 0.3) is 0 Å². The highest BCUT2D eigenvalue weighted by atomic mass is 35.5. The number of carbonyl (C=O) groups is 2. The second kappa shape index (κ2) is 8.50. The van der Waals surface area contributed by atoms with Crippen LogP contribution in [0.3, 0.4) is 0 Å². The lowest BCUT2D eigenvalue weighted by Gasteiger charge is -2.21. The highest BCUT2D eigenvalue weighted by Crippen LogP contribution is 2.20. The minimum Gasteiger partial charge on any atom is -0.480 e. The summed E-state index contributed by atoms with van der Waals surface area (Å²) in [5, 5.41) is 14.1. The molecule has 0 spiro atoms. The van der Waals surface area contributed by atoms with Crippen molar-refractivity contribution >= 4 is 34.8 Å². The minimum atomic E-state index is -1.05. The first-order chi connectivity index (χ1) is 10.2. The first-order valence-corrected chi connectivity index (χ1v) is 8.32. The molecule has 1 aromatic rings. The van der Waals surface area contributed by atoms with Gasteiger partial charge in [0.15, 0.2) is 0 Å². The number of carbonyl (C=O) groups excluding carboxylic acids is 1. The molecule has 1 heterocycles. The number of hydrogen-bond acceptors (Lipinski definition) is 4. The van der Waals surface area contributed by atoms with Gasteiger partial charge in [0.2, 0.25) is 5.91 Å². The summed E-state index contributed by atoms with van der Waals surface area (Å²) in [7, 11) is 0. The van der Waals surface area contributed by atoms with Crippen LogP contribution in [0.2, 0.25) is 5.02 Å². The Morgan fingerprint density at radius 3 is 2.64 bits per heavy atom. The number of ether oxygens (including phenoxy) is 1. The zero-order valence-electron chi connectivity index (χ0n) is 13.0. The molecule has 7 heteroatoms. The van der Waals surface area contributed by atoms with Gasteiger partial charge in [-0.3, -0.25) is 4.79 Å². The zero-order valence-corrected chi connectivity index (χ0v) is 14.6. The van der Waals surface area contributed by atoms with Crippen molar-refractivity contribution in [1.82, 2.24) is 5.32 Å². The van der Waals surface area contributed by atoms with Crippen LogP contribution in [0.15, 0.2) is 11.4 Å². The maximum atomic E-state index is 11.9. The molecule has 0 aliphatic carbocycles. The number of nitrogens with one attached hydrogen (secondary N) is 1. The van der Waals surface area contributed by atoms with Gasteiger partial charge in [-0.25, -0.2) is 4.79 Å². The van der Waals surface area contributed by atoms with Crippen LogP contribution in [0, 0.1) is 0 Å². The number of rotatable bonds is 8. The number of hydrogen-bond donors (Lipinski definition) is 2. The van der Waals surface area contributed by atoms with E-state index in [1.807, 2.05) is 26.8 Å². The molecule has 0 saturated heterocycles. The molecule has 5 nitrogen and oxygen atoms in total. The van der Waals surface area contributed by atoms with Gasteiger partial charge in [0.1, 0.15) is 6.04 Å². The smallest absolute Gasteiger partial charge is 0.326 e. The van der Waals surface area contributed by atoms with Gasteiger partial charge in [-0.2, -0.15) is 0 Å². The van der Waals surface area contributed by atoms with Crippen molar-refractivity contribution in [2.45, 2.75) is 51.7 Å². The first-order valence-electron chi connectivity index (χ1n) is 7.06. The fraction of sp³-hybridized carbons (Fsp3) is 0.600. The Bertz CT molecular complexity index is 510. The third kappa shape index (κ3) is 7.77. The van der Waals surface area contributed by atoms with E-state index in [1.165, 1.54) is 11.3 Å². The Morgan fingerprint density at radius 2 is 2.14 bits per heavy atom. The van der Waals surface area contributed by atoms with E-state index in [2.05, 4.69) is 5.32 Å². The zero-order chi connectivity index (χ0) is 16.8. The molecule has 1 atom stereocenters. The molecule has 0 aromatic carbocycles. The SMILES string of the molecule is CC(C)(C)OCCC(NC(=O)CCc1cc(Cl)cs1)C(=O)O. The molecule has 1 aromatic heterocycles. The van der Waals surface area contributed by atoms with Crippen LogP contribution < -0.4 is 5.32 Å². The number of thiophene rings is 1.